The lowest BCUT2D eigenvalue weighted by Gasteiger charge is -2.18. The normalized spacial score (nSPS) is 9.47. The summed E-state index contributed by atoms with van der Waals surface area (Å²) in [5.74, 6) is -2.07. The monoisotopic (exact) mass is 216 g/mol. The molecule has 0 atom stereocenters. The second kappa shape index (κ2) is 6.80. The molecular formula is C9H16N2O4. The zero-order valence-corrected chi connectivity index (χ0v) is 8.95. The van der Waals surface area contributed by atoms with E-state index in [0.29, 0.717) is 13.1 Å². The molecule has 0 fully saturated rings. The highest BCUT2D eigenvalue weighted by Crippen LogP contribution is 1.88. The quantitative estimate of drug-likeness (QED) is 0.583. The molecule has 0 bridgehead atoms. The molecule has 86 valence electrons. The van der Waals surface area contributed by atoms with E-state index in [2.05, 4.69) is 5.32 Å². The topological polar surface area (TPSA) is 86.7 Å². The Bertz CT molecular complexity index is 248. The molecule has 0 aliphatic rings. The fourth-order valence-corrected chi connectivity index (χ4v) is 1.06. The average molecular weight is 216 g/mol. The summed E-state index contributed by atoms with van der Waals surface area (Å²) >= 11 is 0. The predicted octanol–water partition coefficient (Wildman–Crippen LogP) is -0.554. The molecule has 0 aromatic carbocycles. The number of carboxylic acid groups (broad SMARTS) is 1. The van der Waals surface area contributed by atoms with Gasteiger partial charge < -0.3 is 15.3 Å². The van der Waals surface area contributed by atoms with Crippen LogP contribution in [0.25, 0.3) is 0 Å². The Morgan fingerprint density at radius 2 is 1.73 bits per heavy atom. The summed E-state index contributed by atoms with van der Waals surface area (Å²) in [5.41, 5.74) is 0. The number of rotatable bonds is 6. The molecule has 0 saturated carbocycles. The van der Waals surface area contributed by atoms with Gasteiger partial charge in [0.05, 0.1) is 6.54 Å². The third-order valence-electron chi connectivity index (χ3n) is 1.86. The molecule has 2 N–H and O–H groups in total. The van der Waals surface area contributed by atoms with Crippen LogP contribution in [0.4, 0.5) is 0 Å². The second-order valence-electron chi connectivity index (χ2n) is 2.91. The molecule has 0 aliphatic carbocycles. The lowest BCUT2D eigenvalue weighted by Crippen LogP contribution is -2.40. The minimum Gasteiger partial charge on any atom is -0.481 e. The summed E-state index contributed by atoms with van der Waals surface area (Å²) in [6.45, 7) is 4.67. The molecule has 0 aromatic rings. The van der Waals surface area contributed by atoms with Crippen molar-refractivity contribution in [1.82, 2.24) is 10.2 Å². The Kier molecular flexibility index (Phi) is 6.08. The van der Waals surface area contributed by atoms with E-state index in [1.807, 2.05) is 13.8 Å². The highest BCUT2D eigenvalue weighted by molar-refractivity contribution is 5.95. The van der Waals surface area contributed by atoms with Gasteiger partial charge in [0.2, 0.25) is 11.8 Å². The number of likely N-dealkylation sites (N-methyl/N-ethyl adjacent to an activating group) is 1. The highest BCUT2D eigenvalue weighted by Gasteiger charge is 2.12. The van der Waals surface area contributed by atoms with Crippen LogP contribution >= 0.6 is 0 Å². The van der Waals surface area contributed by atoms with Crippen LogP contribution in [-0.2, 0) is 14.4 Å². The van der Waals surface area contributed by atoms with Crippen LogP contribution in [0.3, 0.4) is 0 Å². The first kappa shape index (κ1) is 13.4. The van der Waals surface area contributed by atoms with Gasteiger partial charge in [-0.1, -0.05) is 0 Å². The standard InChI is InChI=1S/C9H16N2O4/c1-3-11(4-2)8(13)6-10-7(12)5-9(14)15/h3-6H2,1-2H3,(H,10,12)(H,14,15). The van der Waals surface area contributed by atoms with Gasteiger partial charge in [0.1, 0.15) is 6.42 Å². The van der Waals surface area contributed by atoms with E-state index in [0.717, 1.165) is 0 Å². The minimum absolute atomic E-state index is 0.145. The van der Waals surface area contributed by atoms with E-state index >= 15 is 0 Å². The van der Waals surface area contributed by atoms with Crippen molar-refractivity contribution in [3.63, 3.8) is 0 Å². The summed E-state index contributed by atoms with van der Waals surface area (Å²) < 4.78 is 0. The first-order valence-electron chi connectivity index (χ1n) is 4.77. The molecule has 0 saturated heterocycles. The average Bonchev–Trinajstić information content (AvgIpc) is 2.15. The molecular weight excluding hydrogens is 200 g/mol. The maximum absolute atomic E-state index is 11.4. The van der Waals surface area contributed by atoms with Gasteiger partial charge in [0.15, 0.2) is 0 Å². The summed E-state index contributed by atoms with van der Waals surface area (Å²) in [6.07, 6.45) is -0.606. The zero-order chi connectivity index (χ0) is 11.8. The molecule has 6 nitrogen and oxygen atoms in total. The zero-order valence-electron chi connectivity index (χ0n) is 8.95. The first-order chi connectivity index (χ1) is 7.01. The maximum Gasteiger partial charge on any atom is 0.312 e. The van der Waals surface area contributed by atoms with E-state index in [9.17, 15) is 14.4 Å². The number of amides is 2. The molecule has 0 aromatic heterocycles. The maximum atomic E-state index is 11.4. The first-order valence-corrected chi connectivity index (χ1v) is 4.77. The van der Waals surface area contributed by atoms with E-state index in [1.54, 1.807) is 4.90 Å². The lowest BCUT2D eigenvalue weighted by molar-refractivity contribution is -0.141. The van der Waals surface area contributed by atoms with Crippen molar-refractivity contribution >= 4 is 17.8 Å². The molecule has 0 spiro atoms. The van der Waals surface area contributed by atoms with Crippen LogP contribution < -0.4 is 5.32 Å². The SMILES string of the molecule is CCN(CC)C(=O)CNC(=O)CC(=O)O. The Hall–Kier alpha value is -1.59. The number of nitrogens with one attached hydrogen (secondary N) is 1. The van der Waals surface area contributed by atoms with Crippen molar-refractivity contribution in [2.45, 2.75) is 20.3 Å². The molecule has 0 rings (SSSR count). The molecule has 2 amide bonds. The predicted molar refractivity (Wildman–Crippen MR) is 53.2 cm³/mol. The number of carbonyl (C=O) groups excluding carboxylic acids is 2. The number of nitrogens with zero attached hydrogens (tertiary/aromatic N) is 1. The molecule has 15 heavy (non-hydrogen) atoms. The smallest absolute Gasteiger partial charge is 0.312 e. The number of hydrogen-bond donors (Lipinski definition) is 2. The van der Waals surface area contributed by atoms with E-state index in [-0.39, 0.29) is 12.5 Å². The van der Waals surface area contributed by atoms with Gasteiger partial charge in [0.25, 0.3) is 0 Å². The van der Waals surface area contributed by atoms with E-state index in [1.165, 1.54) is 0 Å². The fourth-order valence-electron chi connectivity index (χ4n) is 1.06. The van der Waals surface area contributed by atoms with Gasteiger partial charge in [-0.25, -0.2) is 0 Å². The van der Waals surface area contributed by atoms with E-state index < -0.39 is 18.3 Å². The molecule has 0 unspecified atom stereocenters. The summed E-state index contributed by atoms with van der Waals surface area (Å²) in [6, 6.07) is 0. The fraction of sp³-hybridized carbons (Fsp3) is 0.667. The Labute approximate surface area is 88.2 Å². The summed E-state index contributed by atoms with van der Waals surface area (Å²) in [5, 5.41) is 10.5. The van der Waals surface area contributed by atoms with Crippen molar-refractivity contribution in [3.05, 3.63) is 0 Å². The van der Waals surface area contributed by atoms with Crippen molar-refractivity contribution in [3.8, 4) is 0 Å². The lowest BCUT2D eigenvalue weighted by atomic mass is 10.4. The minimum atomic E-state index is -1.21. The van der Waals surface area contributed by atoms with Gasteiger partial charge >= 0.3 is 5.97 Å². The highest BCUT2D eigenvalue weighted by atomic mass is 16.4. The second-order valence-corrected chi connectivity index (χ2v) is 2.91. The van der Waals surface area contributed by atoms with Gasteiger partial charge in [-0.05, 0) is 13.8 Å². The van der Waals surface area contributed by atoms with Gasteiger partial charge in [0, 0.05) is 13.1 Å². The molecule has 0 radical (unpaired) electrons. The van der Waals surface area contributed by atoms with Gasteiger partial charge in [-0.3, -0.25) is 14.4 Å². The summed E-state index contributed by atoms with van der Waals surface area (Å²) in [7, 11) is 0. The van der Waals surface area contributed by atoms with Gasteiger partial charge in [-0.15, -0.1) is 0 Å². The van der Waals surface area contributed by atoms with Crippen molar-refractivity contribution < 1.29 is 19.5 Å². The largest absolute Gasteiger partial charge is 0.481 e. The number of carbonyl (C=O) groups is 3. The molecule has 0 heterocycles. The van der Waals surface area contributed by atoms with Gasteiger partial charge in [-0.2, -0.15) is 0 Å². The third-order valence-corrected chi connectivity index (χ3v) is 1.86. The van der Waals surface area contributed by atoms with Crippen LogP contribution in [0.15, 0.2) is 0 Å². The van der Waals surface area contributed by atoms with Crippen LogP contribution in [0, 0.1) is 0 Å². The molecule has 0 aliphatic heterocycles. The van der Waals surface area contributed by atoms with Crippen LogP contribution in [0.2, 0.25) is 0 Å². The van der Waals surface area contributed by atoms with Crippen LogP contribution in [0.5, 0.6) is 0 Å². The molecule has 6 heteroatoms. The Morgan fingerprint density at radius 3 is 2.13 bits per heavy atom. The Morgan fingerprint density at radius 1 is 1.20 bits per heavy atom. The van der Waals surface area contributed by atoms with Crippen molar-refractivity contribution in [1.29, 1.82) is 0 Å². The van der Waals surface area contributed by atoms with Crippen LogP contribution in [-0.4, -0.2) is 47.4 Å². The number of hydrogen-bond acceptors (Lipinski definition) is 3. The van der Waals surface area contributed by atoms with E-state index in [4.69, 9.17) is 5.11 Å². The van der Waals surface area contributed by atoms with Crippen molar-refractivity contribution in [2.24, 2.45) is 0 Å². The van der Waals surface area contributed by atoms with Crippen LogP contribution in [0.1, 0.15) is 20.3 Å². The number of aliphatic carboxylic acids is 1. The third kappa shape index (κ3) is 5.66. The number of carboxylic acids is 1. The Balaban J connectivity index is 3.89. The van der Waals surface area contributed by atoms with Crippen molar-refractivity contribution in [2.75, 3.05) is 19.6 Å². The summed E-state index contributed by atoms with van der Waals surface area (Å²) in [4.78, 5) is 34.0.